The van der Waals surface area contributed by atoms with Crippen LogP contribution in [0.25, 0.3) is 0 Å². The molecule has 0 N–H and O–H groups in total. The van der Waals surface area contributed by atoms with Crippen LogP contribution in [-0.2, 0) is 9.59 Å². The van der Waals surface area contributed by atoms with Gasteiger partial charge in [0.1, 0.15) is 0 Å². The second-order valence-electron chi connectivity index (χ2n) is 4.95. The number of Topliss-reactive ketones (excluding diaryl/α,β-unsaturated/α-hetero) is 1. The van der Waals surface area contributed by atoms with Crippen LogP contribution >= 0.6 is 0 Å². The van der Waals surface area contributed by atoms with Crippen LogP contribution in [0.4, 0.5) is 0 Å². The first kappa shape index (κ1) is 10.7. The van der Waals surface area contributed by atoms with Crippen molar-refractivity contribution in [3.8, 4) is 0 Å². The van der Waals surface area contributed by atoms with Gasteiger partial charge in [-0.1, -0.05) is 26.2 Å². The van der Waals surface area contributed by atoms with Crippen LogP contribution in [0, 0.1) is 11.8 Å². The summed E-state index contributed by atoms with van der Waals surface area (Å²) in [6.45, 7) is 3.73. The molecule has 84 valence electrons. The first-order valence-electron chi connectivity index (χ1n) is 6.00. The average molecular weight is 209 g/mol. The fourth-order valence-electron chi connectivity index (χ4n) is 2.74. The minimum Gasteiger partial charge on any atom is -0.335 e. The topological polar surface area (TPSA) is 37.4 Å². The van der Waals surface area contributed by atoms with E-state index in [0.717, 1.165) is 6.54 Å². The number of nitrogens with zero attached hydrogens (tertiary/aromatic N) is 1. The third kappa shape index (κ3) is 2.21. The summed E-state index contributed by atoms with van der Waals surface area (Å²) in [6, 6.07) is 0. The van der Waals surface area contributed by atoms with E-state index < -0.39 is 0 Å². The molecule has 0 radical (unpaired) electrons. The molecule has 2 aliphatic rings. The van der Waals surface area contributed by atoms with Crippen molar-refractivity contribution in [3.05, 3.63) is 0 Å². The third-order valence-corrected chi connectivity index (χ3v) is 3.88. The largest absolute Gasteiger partial charge is 0.335 e. The van der Waals surface area contributed by atoms with Gasteiger partial charge in [0.2, 0.25) is 5.78 Å². The van der Waals surface area contributed by atoms with Crippen molar-refractivity contribution < 1.29 is 9.59 Å². The van der Waals surface area contributed by atoms with Crippen LogP contribution in [-0.4, -0.2) is 29.7 Å². The highest BCUT2D eigenvalue weighted by atomic mass is 16.2. The van der Waals surface area contributed by atoms with E-state index in [1.165, 1.54) is 25.7 Å². The first-order valence-corrected chi connectivity index (χ1v) is 6.00. The van der Waals surface area contributed by atoms with Crippen molar-refractivity contribution >= 4 is 11.7 Å². The quantitative estimate of drug-likeness (QED) is 0.648. The van der Waals surface area contributed by atoms with Gasteiger partial charge in [-0.05, 0) is 18.3 Å². The SMILES string of the molecule is CC1CCCCC1CN1CCC(=O)C1=O. The molecule has 1 aliphatic carbocycles. The summed E-state index contributed by atoms with van der Waals surface area (Å²) in [5, 5.41) is 0. The Morgan fingerprint density at radius 1 is 1.27 bits per heavy atom. The Morgan fingerprint density at radius 2 is 2.00 bits per heavy atom. The van der Waals surface area contributed by atoms with Crippen LogP contribution in [0.2, 0.25) is 0 Å². The van der Waals surface area contributed by atoms with Gasteiger partial charge in [0.05, 0.1) is 0 Å². The summed E-state index contributed by atoms with van der Waals surface area (Å²) in [6.07, 6.45) is 5.54. The molecule has 1 heterocycles. The van der Waals surface area contributed by atoms with Gasteiger partial charge in [-0.25, -0.2) is 0 Å². The molecule has 15 heavy (non-hydrogen) atoms. The Balaban J connectivity index is 1.91. The molecule has 1 amide bonds. The number of rotatable bonds is 2. The van der Waals surface area contributed by atoms with E-state index in [1.54, 1.807) is 4.90 Å². The Kier molecular flexibility index (Phi) is 3.08. The summed E-state index contributed by atoms with van der Waals surface area (Å²) in [7, 11) is 0. The number of likely N-dealkylation sites (tertiary alicyclic amines) is 1. The number of hydrogen-bond donors (Lipinski definition) is 0. The highest BCUT2D eigenvalue weighted by Gasteiger charge is 2.32. The molecular formula is C12H19NO2. The molecule has 1 saturated heterocycles. The van der Waals surface area contributed by atoms with Crippen molar-refractivity contribution in [2.24, 2.45) is 11.8 Å². The Morgan fingerprint density at radius 3 is 2.60 bits per heavy atom. The van der Waals surface area contributed by atoms with Crippen molar-refractivity contribution in [1.82, 2.24) is 4.90 Å². The van der Waals surface area contributed by atoms with Gasteiger partial charge in [0, 0.05) is 19.5 Å². The Hall–Kier alpha value is -0.860. The van der Waals surface area contributed by atoms with Gasteiger partial charge in [-0.15, -0.1) is 0 Å². The molecule has 2 fully saturated rings. The number of ketones is 1. The van der Waals surface area contributed by atoms with Crippen molar-refractivity contribution in [2.75, 3.05) is 13.1 Å². The minimum absolute atomic E-state index is 0.196. The smallest absolute Gasteiger partial charge is 0.290 e. The third-order valence-electron chi connectivity index (χ3n) is 3.88. The van der Waals surface area contributed by atoms with E-state index in [9.17, 15) is 9.59 Å². The first-order chi connectivity index (χ1) is 7.18. The second kappa shape index (κ2) is 4.33. The van der Waals surface area contributed by atoms with E-state index in [1.807, 2.05) is 0 Å². The fraction of sp³-hybridized carbons (Fsp3) is 0.833. The van der Waals surface area contributed by atoms with Gasteiger partial charge in [-0.3, -0.25) is 9.59 Å². The molecule has 2 unspecified atom stereocenters. The van der Waals surface area contributed by atoms with Gasteiger partial charge < -0.3 is 4.90 Å². The van der Waals surface area contributed by atoms with Crippen molar-refractivity contribution in [2.45, 2.75) is 39.0 Å². The maximum Gasteiger partial charge on any atom is 0.290 e. The highest BCUT2D eigenvalue weighted by Crippen LogP contribution is 2.30. The van der Waals surface area contributed by atoms with Gasteiger partial charge in [0.25, 0.3) is 5.91 Å². The predicted octanol–water partition coefficient (Wildman–Crippen LogP) is 1.61. The standard InChI is InChI=1S/C12H19NO2/c1-9-4-2-3-5-10(9)8-13-7-6-11(14)12(13)15/h9-10H,2-8H2,1H3. The molecule has 3 nitrogen and oxygen atoms in total. The zero-order chi connectivity index (χ0) is 10.8. The average Bonchev–Trinajstić information content (AvgIpc) is 2.53. The van der Waals surface area contributed by atoms with Crippen LogP contribution in [0.15, 0.2) is 0 Å². The molecule has 0 aromatic rings. The summed E-state index contributed by atoms with van der Waals surface area (Å²) >= 11 is 0. The molecule has 2 atom stereocenters. The molecule has 1 aliphatic heterocycles. The zero-order valence-electron chi connectivity index (χ0n) is 9.37. The molecular weight excluding hydrogens is 190 g/mol. The number of amides is 1. The zero-order valence-corrected chi connectivity index (χ0v) is 9.37. The van der Waals surface area contributed by atoms with E-state index in [2.05, 4.69) is 6.92 Å². The van der Waals surface area contributed by atoms with Gasteiger partial charge in [0.15, 0.2) is 0 Å². The summed E-state index contributed by atoms with van der Waals surface area (Å²) < 4.78 is 0. The van der Waals surface area contributed by atoms with Crippen LogP contribution in [0.5, 0.6) is 0 Å². The highest BCUT2D eigenvalue weighted by molar-refractivity contribution is 6.37. The maximum atomic E-state index is 11.5. The molecule has 0 spiro atoms. The van der Waals surface area contributed by atoms with E-state index in [4.69, 9.17) is 0 Å². The van der Waals surface area contributed by atoms with Crippen molar-refractivity contribution in [3.63, 3.8) is 0 Å². The lowest BCUT2D eigenvalue weighted by molar-refractivity contribution is -0.140. The summed E-state index contributed by atoms with van der Waals surface area (Å²) in [5.74, 6) is 0.891. The van der Waals surface area contributed by atoms with Crippen molar-refractivity contribution in [1.29, 1.82) is 0 Å². The molecule has 1 saturated carbocycles. The number of hydrogen-bond acceptors (Lipinski definition) is 2. The Labute approximate surface area is 90.8 Å². The fourth-order valence-corrected chi connectivity index (χ4v) is 2.74. The number of carbonyl (C=O) groups excluding carboxylic acids is 2. The lowest BCUT2D eigenvalue weighted by Crippen LogP contribution is -2.35. The molecule has 0 aromatic carbocycles. The predicted molar refractivity (Wildman–Crippen MR) is 57.3 cm³/mol. The minimum atomic E-state index is -0.243. The summed E-state index contributed by atoms with van der Waals surface area (Å²) in [5.41, 5.74) is 0. The lowest BCUT2D eigenvalue weighted by Gasteiger charge is -2.31. The van der Waals surface area contributed by atoms with Crippen LogP contribution < -0.4 is 0 Å². The normalized spacial score (nSPS) is 32.5. The van der Waals surface area contributed by atoms with Gasteiger partial charge in [-0.2, -0.15) is 0 Å². The van der Waals surface area contributed by atoms with Crippen LogP contribution in [0.3, 0.4) is 0 Å². The molecule has 2 rings (SSSR count). The lowest BCUT2D eigenvalue weighted by atomic mass is 9.80. The van der Waals surface area contributed by atoms with E-state index in [-0.39, 0.29) is 11.7 Å². The molecule has 3 heteroatoms. The molecule has 0 aromatic heterocycles. The Bertz CT molecular complexity index is 275. The van der Waals surface area contributed by atoms with Gasteiger partial charge >= 0.3 is 0 Å². The second-order valence-corrected chi connectivity index (χ2v) is 4.95. The number of carbonyl (C=O) groups is 2. The van der Waals surface area contributed by atoms with E-state index >= 15 is 0 Å². The monoisotopic (exact) mass is 209 g/mol. The summed E-state index contributed by atoms with van der Waals surface area (Å²) in [4.78, 5) is 24.3. The molecule has 0 bridgehead atoms. The van der Waals surface area contributed by atoms with E-state index in [0.29, 0.717) is 24.8 Å². The maximum absolute atomic E-state index is 11.5. The van der Waals surface area contributed by atoms with Crippen LogP contribution in [0.1, 0.15) is 39.0 Å².